The molecule has 2 aromatic rings. The molecule has 0 aromatic heterocycles. The van der Waals surface area contributed by atoms with Crippen LogP contribution in [0.2, 0.25) is 0 Å². The Labute approximate surface area is 120 Å². The number of aliphatic hydroxyl groups excluding tert-OH is 1. The molecule has 3 rings (SSSR count). The highest BCUT2D eigenvalue weighted by Gasteiger charge is 2.24. The van der Waals surface area contributed by atoms with Crippen LogP contribution in [0.15, 0.2) is 54.6 Å². The Morgan fingerprint density at radius 3 is 2.15 bits per heavy atom. The van der Waals surface area contributed by atoms with Crippen molar-refractivity contribution in [2.24, 2.45) is 0 Å². The lowest BCUT2D eigenvalue weighted by Gasteiger charge is -2.28. The maximum Gasteiger partial charge on any atom is 0.124 e. The van der Waals surface area contributed by atoms with Gasteiger partial charge in [-0.3, -0.25) is 0 Å². The van der Waals surface area contributed by atoms with Gasteiger partial charge in [-0.25, -0.2) is 0 Å². The summed E-state index contributed by atoms with van der Waals surface area (Å²) >= 11 is 0. The van der Waals surface area contributed by atoms with Gasteiger partial charge < -0.3 is 9.84 Å². The van der Waals surface area contributed by atoms with Crippen LogP contribution in [-0.2, 0) is 0 Å². The van der Waals surface area contributed by atoms with Crippen LogP contribution in [0, 0.1) is 0 Å². The molecule has 1 fully saturated rings. The van der Waals surface area contributed by atoms with Crippen LogP contribution in [0.25, 0.3) is 11.1 Å². The topological polar surface area (TPSA) is 29.5 Å². The molecule has 0 radical (unpaired) electrons. The van der Waals surface area contributed by atoms with Gasteiger partial charge in [-0.15, -0.1) is 0 Å². The van der Waals surface area contributed by atoms with Crippen molar-refractivity contribution >= 4 is 0 Å². The average Bonchev–Trinajstić information content (AvgIpc) is 2.51. The second-order valence-electron chi connectivity index (χ2n) is 5.40. The number of hydrogen-bond acceptors (Lipinski definition) is 2. The summed E-state index contributed by atoms with van der Waals surface area (Å²) in [4.78, 5) is 0. The first kappa shape index (κ1) is 13.2. The molecule has 20 heavy (non-hydrogen) atoms. The molecule has 1 aliphatic rings. The first-order valence-corrected chi connectivity index (χ1v) is 7.33. The lowest BCUT2D eigenvalue weighted by molar-refractivity contribution is 0.00688. The summed E-state index contributed by atoms with van der Waals surface area (Å²) in [6, 6.07) is 18.4. The van der Waals surface area contributed by atoms with Gasteiger partial charge in [-0.2, -0.15) is 0 Å². The third-order valence-corrected chi connectivity index (χ3v) is 3.92. The van der Waals surface area contributed by atoms with E-state index in [2.05, 4.69) is 24.3 Å². The molecule has 0 unspecified atom stereocenters. The predicted molar refractivity (Wildman–Crippen MR) is 80.8 cm³/mol. The van der Waals surface area contributed by atoms with E-state index >= 15 is 0 Å². The Morgan fingerprint density at radius 2 is 1.45 bits per heavy atom. The molecule has 2 atom stereocenters. The normalized spacial score (nSPS) is 22.4. The summed E-state index contributed by atoms with van der Waals surface area (Å²) in [5, 5.41) is 9.94. The summed E-state index contributed by atoms with van der Waals surface area (Å²) in [5.74, 6) is 0.843. The molecular weight excluding hydrogens is 248 g/mol. The van der Waals surface area contributed by atoms with E-state index in [1.807, 2.05) is 30.3 Å². The van der Waals surface area contributed by atoms with E-state index in [0.29, 0.717) is 0 Å². The standard InChI is InChI=1S/C18H20O2/c19-17-8-4-5-9-18(17)20-16-12-10-15(11-13-16)14-6-2-1-3-7-14/h1-3,6-7,10-13,17-19H,4-5,8-9H2/t17-,18-/m1/s1. The molecule has 104 valence electrons. The smallest absolute Gasteiger partial charge is 0.124 e. The van der Waals surface area contributed by atoms with E-state index in [1.165, 1.54) is 11.1 Å². The fourth-order valence-corrected chi connectivity index (χ4v) is 2.75. The van der Waals surface area contributed by atoms with Gasteiger partial charge in [0.15, 0.2) is 0 Å². The van der Waals surface area contributed by atoms with Crippen LogP contribution in [0.1, 0.15) is 25.7 Å². The summed E-state index contributed by atoms with van der Waals surface area (Å²) in [5.41, 5.74) is 2.39. The first-order valence-electron chi connectivity index (χ1n) is 7.33. The molecule has 0 heterocycles. The van der Waals surface area contributed by atoms with E-state index in [0.717, 1.165) is 31.4 Å². The molecule has 0 saturated heterocycles. The Hall–Kier alpha value is -1.80. The van der Waals surface area contributed by atoms with Gasteiger partial charge in [0.1, 0.15) is 11.9 Å². The van der Waals surface area contributed by atoms with E-state index in [9.17, 15) is 5.11 Å². The second kappa shape index (κ2) is 6.10. The fraction of sp³-hybridized carbons (Fsp3) is 0.333. The molecule has 1 saturated carbocycles. The number of hydrogen-bond donors (Lipinski definition) is 1. The highest BCUT2D eigenvalue weighted by atomic mass is 16.5. The highest BCUT2D eigenvalue weighted by molar-refractivity contribution is 5.63. The molecular formula is C18H20O2. The lowest BCUT2D eigenvalue weighted by Crippen LogP contribution is -2.34. The zero-order chi connectivity index (χ0) is 13.8. The Kier molecular flexibility index (Phi) is 4.03. The third kappa shape index (κ3) is 3.02. The van der Waals surface area contributed by atoms with Gasteiger partial charge in [0, 0.05) is 0 Å². The summed E-state index contributed by atoms with van der Waals surface area (Å²) in [6.45, 7) is 0. The number of ether oxygens (including phenoxy) is 1. The van der Waals surface area contributed by atoms with Gasteiger partial charge in [0.25, 0.3) is 0 Å². The molecule has 2 nitrogen and oxygen atoms in total. The molecule has 0 spiro atoms. The molecule has 0 aliphatic heterocycles. The van der Waals surface area contributed by atoms with Crippen molar-refractivity contribution in [1.82, 2.24) is 0 Å². The quantitative estimate of drug-likeness (QED) is 0.910. The predicted octanol–water partition coefficient (Wildman–Crippen LogP) is 4.04. The first-order chi connectivity index (χ1) is 9.83. The zero-order valence-corrected chi connectivity index (χ0v) is 11.5. The van der Waals surface area contributed by atoms with E-state index < -0.39 is 0 Å². The number of rotatable bonds is 3. The zero-order valence-electron chi connectivity index (χ0n) is 11.5. The van der Waals surface area contributed by atoms with E-state index in [4.69, 9.17) is 4.74 Å². The Balaban J connectivity index is 1.70. The monoisotopic (exact) mass is 268 g/mol. The minimum Gasteiger partial charge on any atom is -0.488 e. The minimum atomic E-state index is -0.322. The van der Waals surface area contributed by atoms with Crippen molar-refractivity contribution in [2.75, 3.05) is 0 Å². The Bertz CT molecular complexity index is 533. The van der Waals surface area contributed by atoms with Crippen LogP contribution in [0.3, 0.4) is 0 Å². The molecule has 0 bridgehead atoms. The van der Waals surface area contributed by atoms with Gasteiger partial charge in [-0.1, -0.05) is 48.9 Å². The molecule has 1 N–H and O–H groups in total. The van der Waals surface area contributed by atoms with Gasteiger partial charge in [-0.05, 0) is 42.5 Å². The fourth-order valence-electron chi connectivity index (χ4n) is 2.75. The lowest BCUT2D eigenvalue weighted by atomic mass is 9.95. The van der Waals surface area contributed by atoms with Crippen LogP contribution < -0.4 is 4.74 Å². The second-order valence-corrected chi connectivity index (χ2v) is 5.40. The molecule has 2 heteroatoms. The molecule has 2 aromatic carbocycles. The summed E-state index contributed by atoms with van der Waals surface area (Å²) in [6.07, 6.45) is 3.68. The van der Waals surface area contributed by atoms with Gasteiger partial charge in [0.05, 0.1) is 6.10 Å². The van der Waals surface area contributed by atoms with E-state index in [1.54, 1.807) is 0 Å². The van der Waals surface area contributed by atoms with Crippen molar-refractivity contribution in [3.8, 4) is 16.9 Å². The van der Waals surface area contributed by atoms with Crippen molar-refractivity contribution < 1.29 is 9.84 Å². The summed E-state index contributed by atoms with van der Waals surface area (Å²) < 4.78 is 5.91. The van der Waals surface area contributed by atoms with E-state index in [-0.39, 0.29) is 12.2 Å². The van der Waals surface area contributed by atoms with Gasteiger partial charge in [0.2, 0.25) is 0 Å². The maximum absolute atomic E-state index is 9.94. The van der Waals surface area contributed by atoms with Crippen molar-refractivity contribution in [3.05, 3.63) is 54.6 Å². The third-order valence-electron chi connectivity index (χ3n) is 3.92. The van der Waals surface area contributed by atoms with Crippen LogP contribution >= 0.6 is 0 Å². The SMILES string of the molecule is O[C@@H]1CCCC[C@H]1Oc1ccc(-c2ccccc2)cc1. The van der Waals surface area contributed by atoms with Crippen molar-refractivity contribution in [2.45, 2.75) is 37.9 Å². The number of benzene rings is 2. The molecule has 0 amide bonds. The Morgan fingerprint density at radius 1 is 0.800 bits per heavy atom. The van der Waals surface area contributed by atoms with Crippen molar-refractivity contribution in [3.63, 3.8) is 0 Å². The van der Waals surface area contributed by atoms with Crippen LogP contribution in [0.5, 0.6) is 5.75 Å². The van der Waals surface area contributed by atoms with Crippen LogP contribution in [0.4, 0.5) is 0 Å². The van der Waals surface area contributed by atoms with Crippen LogP contribution in [-0.4, -0.2) is 17.3 Å². The average molecular weight is 268 g/mol. The minimum absolute atomic E-state index is 0.0497. The largest absolute Gasteiger partial charge is 0.488 e. The summed E-state index contributed by atoms with van der Waals surface area (Å²) in [7, 11) is 0. The maximum atomic E-state index is 9.94. The van der Waals surface area contributed by atoms with Crippen molar-refractivity contribution in [1.29, 1.82) is 0 Å². The number of aliphatic hydroxyl groups is 1. The molecule has 1 aliphatic carbocycles. The van der Waals surface area contributed by atoms with Gasteiger partial charge >= 0.3 is 0 Å². The highest BCUT2D eigenvalue weighted by Crippen LogP contribution is 2.26.